The summed E-state index contributed by atoms with van der Waals surface area (Å²) in [6.45, 7) is 2.65. The maximum absolute atomic E-state index is 4.70. The van der Waals surface area contributed by atoms with Crippen LogP contribution in [0, 0.1) is 6.92 Å². The number of benzene rings is 2. The highest BCUT2D eigenvalue weighted by molar-refractivity contribution is 5.82. The number of hydrogen-bond donors (Lipinski definition) is 1. The molecular formula is C17H15N5. The third-order valence-corrected chi connectivity index (χ3v) is 3.69. The van der Waals surface area contributed by atoms with Gasteiger partial charge in [0, 0.05) is 6.54 Å². The lowest BCUT2D eigenvalue weighted by atomic mass is 10.2. The van der Waals surface area contributed by atoms with Crippen molar-refractivity contribution in [3.8, 4) is 0 Å². The highest BCUT2D eigenvalue weighted by Gasteiger charge is 2.12. The molecule has 0 bridgehead atoms. The van der Waals surface area contributed by atoms with Gasteiger partial charge in [0.2, 0.25) is 5.65 Å². The van der Waals surface area contributed by atoms with Crippen LogP contribution in [-0.4, -0.2) is 19.6 Å². The van der Waals surface area contributed by atoms with E-state index in [0.717, 1.165) is 28.3 Å². The zero-order valence-corrected chi connectivity index (χ0v) is 12.2. The van der Waals surface area contributed by atoms with Gasteiger partial charge in [0.15, 0.2) is 5.82 Å². The first-order chi connectivity index (χ1) is 10.8. The summed E-state index contributed by atoms with van der Waals surface area (Å²) in [6, 6.07) is 18.3. The molecule has 0 atom stereocenters. The monoisotopic (exact) mass is 289 g/mol. The van der Waals surface area contributed by atoms with Crippen molar-refractivity contribution in [2.24, 2.45) is 0 Å². The summed E-state index contributed by atoms with van der Waals surface area (Å²) in [4.78, 5) is 4.70. The molecule has 5 nitrogen and oxygen atoms in total. The maximum atomic E-state index is 4.70. The number of nitrogens with zero attached hydrogens (tertiary/aromatic N) is 4. The van der Waals surface area contributed by atoms with Crippen molar-refractivity contribution in [1.29, 1.82) is 0 Å². The molecule has 2 aromatic heterocycles. The second-order valence-electron chi connectivity index (χ2n) is 5.19. The lowest BCUT2D eigenvalue weighted by Crippen LogP contribution is -2.05. The Morgan fingerprint density at radius 2 is 1.73 bits per heavy atom. The quantitative estimate of drug-likeness (QED) is 0.629. The number of rotatable bonds is 3. The van der Waals surface area contributed by atoms with Crippen LogP contribution in [0.2, 0.25) is 0 Å². The van der Waals surface area contributed by atoms with E-state index in [1.807, 2.05) is 53.8 Å². The number of aromatic nitrogens is 4. The van der Waals surface area contributed by atoms with E-state index in [0.29, 0.717) is 6.54 Å². The van der Waals surface area contributed by atoms with E-state index in [-0.39, 0.29) is 0 Å². The SMILES string of the molecule is Cc1nnc2c(NCc3ccccc3)nc3ccccc3n12. The minimum atomic E-state index is 0.702. The van der Waals surface area contributed by atoms with E-state index < -0.39 is 0 Å². The molecule has 0 aliphatic carbocycles. The molecule has 5 heteroatoms. The highest BCUT2D eigenvalue weighted by atomic mass is 15.3. The lowest BCUT2D eigenvalue weighted by molar-refractivity contribution is 1.02. The summed E-state index contributed by atoms with van der Waals surface area (Å²) in [5.41, 5.74) is 3.90. The normalized spacial score (nSPS) is 11.1. The summed E-state index contributed by atoms with van der Waals surface area (Å²) in [5.74, 6) is 1.61. The van der Waals surface area contributed by atoms with E-state index >= 15 is 0 Å². The van der Waals surface area contributed by atoms with E-state index in [9.17, 15) is 0 Å². The topological polar surface area (TPSA) is 55.1 Å². The molecule has 0 spiro atoms. The number of aryl methyl sites for hydroxylation is 1. The summed E-state index contributed by atoms with van der Waals surface area (Å²) in [5, 5.41) is 11.8. The molecule has 2 aromatic carbocycles. The van der Waals surface area contributed by atoms with Crippen LogP contribution >= 0.6 is 0 Å². The summed E-state index contributed by atoms with van der Waals surface area (Å²) in [7, 11) is 0. The number of para-hydroxylation sites is 2. The number of anilines is 1. The van der Waals surface area contributed by atoms with Gasteiger partial charge in [-0.25, -0.2) is 4.98 Å². The molecule has 22 heavy (non-hydrogen) atoms. The molecular weight excluding hydrogens is 274 g/mol. The predicted octanol–water partition coefficient (Wildman–Crippen LogP) is 3.20. The second-order valence-corrected chi connectivity index (χ2v) is 5.19. The highest BCUT2D eigenvalue weighted by Crippen LogP contribution is 2.21. The average Bonchev–Trinajstić information content (AvgIpc) is 2.96. The molecule has 0 aliphatic heterocycles. The fourth-order valence-corrected chi connectivity index (χ4v) is 2.62. The first-order valence-electron chi connectivity index (χ1n) is 7.21. The van der Waals surface area contributed by atoms with Gasteiger partial charge in [0.25, 0.3) is 0 Å². The van der Waals surface area contributed by atoms with Crippen LogP contribution in [0.25, 0.3) is 16.7 Å². The van der Waals surface area contributed by atoms with Gasteiger partial charge in [-0.05, 0) is 24.6 Å². The lowest BCUT2D eigenvalue weighted by Gasteiger charge is -2.09. The number of hydrogen-bond acceptors (Lipinski definition) is 4. The van der Waals surface area contributed by atoms with Crippen molar-refractivity contribution in [2.75, 3.05) is 5.32 Å². The molecule has 0 amide bonds. The first kappa shape index (κ1) is 12.8. The summed E-state index contributed by atoms with van der Waals surface area (Å²) < 4.78 is 2.04. The third-order valence-electron chi connectivity index (χ3n) is 3.69. The van der Waals surface area contributed by atoms with Gasteiger partial charge in [-0.3, -0.25) is 4.40 Å². The van der Waals surface area contributed by atoms with E-state index in [1.165, 1.54) is 5.56 Å². The molecule has 4 aromatic rings. The molecule has 0 aliphatic rings. The molecule has 0 fully saturated rings. The number of nitrogens with one attached hydrogen (secondary N) is 1. The van der Waals surface area contributed by atoms with Crippen LogP contribution < -0.4 is 5.32 Å². The molecule has 4 rings (SSSR count). The Hall–Kier alpha value is -2.95. The maximum Gasteiger partial charge on any atom is 0.204 e. The molecule has 0 saturated heterocycles. The van der Waals surface area contributed by atoms with Gasteiger partial charge in [-0.15, -0.1) is 10.2 Å². The largest absolute Gasteiger partial charge is 0.363 e. The smallest absolute Gasteiger partial charge is 0.204 e. The van der Waals surface area contributed by atoms with Gasteiger partial charge >= 0.3 is 0 Å². The fourth-order valence-electron chi connectivity index (χ4n) is 2.62. The van der Waals surface area contributed by atoms with Crippen molar-refractivity contribution < 1.29 is 0 Å². The Morgan fingerprint density at radius 1 is 0.955 bits per heavy atom. The van der Waals surface area contributed by atoms with Gasteiger partial charge in [0.05, 0.1) is 11.0 Å². The van der Waals surface area contributed by atoms with E-state index in [4.69, 9.17) is 4.98 Å². The van der Waals surface area contributed by atoms with Crippen molar-refractivity contribution in [2.45, 2.75) is 13.5 Å². The van der Waals surface area contributed by atoms with E-state index in [1.54, 1.807) is 0 Å². The Labute approximate surface area is 127 Å². The van der Waals surface area contributed by atoms with Crippen molar-refractivity contribution in [3.05, 3.63) is 66.0 Å². The van der Waals surface area contributed by atoms with Gasteiger partial charge in [-0.1, -0.05) is 42.5 Å². The molecule has 0 saturated carbocycles. The molecule has 0 radical (unpaired) electrons. The fraction of sp³-hybridized carbons (Fsp3) is 0.118. The van der Waals surface area contributed by atoms with Gasteiger partial charge in [0.1, 0.15) is 5.82 Å². The second kappa shape index (κ2) is 5.11. The Bertz CT molecular complexity index is 943. The zero-order chi connectivity index (χ0) is 14.9. The van der Waals surface area contributed by atoms with Crippen molar-refractivity contribution >= 4 is 22.5 Å². The Balaban J connectivity index is 1.82. The van der Waals surface area contributed by atoms with Gasteiger partial charge in [-0.2, -0.15) is 0 Å². The van der Waals surface area contributed by atoms with Crippen LogP contribution in [0.4, 0.5) is 5.82 Å². The average molecular weight is 289 g/mol. The van der Waals surface area contributed by atoms with Crippen LogP contribution in [0.5, 0.6) is 0 Å². The van der Waals surface area contributed by atoms with Crippen LogP contribution in [0.1, 0.15) is 11.4 Å². The molecule has 108 valence electrons. The van der Waals surface area contributed by atoms with Crippen molar-refractivity contribution in [3.63, 3.8) is 0 Å². The minimum Gasteiger partial charge on any atom is -0.363 e. The summed E-state index contributed by atoms with van der Waals surface area (Å²) in [6.07, 6.45) is 0. The Kier molecular flexibility index (Phi) is 2.96. The minimum absolute atomic E-state index is 0.702. The Morgan fingerprint density at radius 3 is 2.59 bits per heavy atom. The van der Waals surface area contributed by atoms with Crippen LogP contribution in [0.3, 0.4) is 0 Å². The summed E-state index contributed by atoms with van der Waals surface area (Å²) >= 11 is 0. The zero-order valence-electron chi connectivity index (χ0n) is 12.2. The first-order valence-corrected chi connectivity index (χ1v) is 7.21. The molecule has 1 N–H and O–H groups in total. The van der Waals surface area contributed by atoms with Crippen LogP contribution in [0.15, 0.2) is 54.6 Å². The molecule has 2 heterocycles. The van der Waals surface area contributed by atoms with Crippen LogP contribution in [-0.2, 0) is 6.54 Å². The predicted molar refractivity (Wildman–Crippen MR) is 86.8 cm³/mol. The standard InChI is InChI=1S/C17H15N5/c1-12-20-21-17-16(18-11-13-7-3-2-4-8-13)19-14-9-5-6-10-15(14)22(12)17/h2-10H,11H2,1H3,(H,18,19). The molecule has 0 unspecified atom stereocenters. The van der Waals surface area contributed by atoms with Crippen molar-refractivity contribution in [1.82, 2.24) is 19.6 Å². The number of fused-ring (bicyclic) bond motifs is 3. The third kappa shape index (κ3) is 2.07. The van der Waals surface area contributed by atoms with E-state index in [2.05, 4.69) is 27.6 Å². The van der Waals surface area contributed by atoms with Gasteiger partial charge < -0.3 is 5.32 Å².